The molecule has 0 bridgehead atoms. The van der Waals surface area contributed by atoms with Crippen molar-refractivity contribution in [1.82, 2.24) is 0 Å². The normalized spacial score (nSPS) is 21.1. The van der Waals surface area contributed by atoms with Gasteiger partial charge in [-0.2, -0.15) is 0 Å². The molecule has 92 valence electrons. The molecule has 3 rings (SSSR count). The fourth-order valence-electron chi connectivity index (χ4n) is 2.63. The molecule has 18 heavy (non-hydrogen) atoms. The first kappa shape index (κ1) is 11.5. The Morgan fingerprint density at radius 1 is 1.22 bits per heavy atom. The average Bonchev–Trinajstić information content (AvgIpc) is 3.05. The third kappa shape index (κ3) is 2.20. The first-order valence-corrected chi connectivity index (χ1v) is 6.78. The van der Waals surface area contributed by atoms with Gasteiger partial charge in [0.2, 0.25) is 0 Å². The predicted molar refractivity (Wildman–Crippen MR) is 72.4 cm³/mol. The molecule has 0 spiro atoms. The zero-order valence-electron chi connectivity index (χ0n) is 11.0. The van der Waals surface area contributed by atoms with Crippen molar-refractivity contribution in [3.63, 3.8) is 0 Å². The van der Waals surface area contributed by atoms with Crippen LogP contribution in [0.5, 0.6) is 0 Å². The Hall–Kier alpha value is -1.55. The van der Waals surface area contributed by atoms with Gasteiger partial charge in [-0.1, -0.05) is 17.9 Å². The Balaban J connectivity index is 1.90. The maximum atomic E-state index is 11.5. The second kappa shape index (κ2) is 4.28. The summed E-state index contributed by atoms with van der Waals surface area (Å²) in [5, 5.41) is 0. The summed E-state index contributed by atoms with van der Waals surface area (Å²) in [5.41, 5.74) is 5.10. The molecule has 0 radical (unpaired) electrons. The van der Waals surface area contributed by atoms with E-state index in [2.05, 4.69) is 30.9 Å². The maximum absolute atomic E-state index is 11.5. The van der Waals surface area contributed by atoms with E-state index < -0.39 is 0 Å². The fraction of sp³-hybridized carbons (Fsp3) is 0.471. The molecule has 0 N–H and O–H groups in total. The van der Waals surface area contributed by atoms with Crippen LogP contribution in [0.2, 0.25) is 0 Å². The number of carbonyl (C=O) groups excluding carboxylic acids is 1. The van der Waals surface area contributed by atoms with E-state index in [9.17, 15) is 4.79 Å². The number of carbonyl (C=O) groups is 1. The number of hydrogen-bond donors (Lipinski definition) is 0. The molecule has 0 aromatic heterocycles. The van der Waals surface area contributed by atoms with Gasteiger partial charge in [0.1, 0.15) is 5.78 Å². The molecular formula is C17H18O. The van der Waals surface area contributed by atoms with Crippen LogP contribution in [0.25, 0.3) is 0 Å². The number of ketones is 1. The molecule has 1 fully saturated rings. The molecule has 1 nitrogen and oxygen atoms in total. The van der Waals surface area contributed by atoms with E-state index in [-0.39, 0.29) is 5.92 Å². The van der Waals surface area contributed by atoms with E-state index in [1.54, 1.807) is 6.92 Å². The first-order valence-electron chi connectivity index (χ1n) is 6.78. The van der Waals surface area contributed by atoms with Gasteiger partial charge >= 0.3 is 0 Å². The number of hydrogen-bond acceptors (Lipinski definition) is 1. The SMILES string of the molecule is CC(=O)C1Cc2cc(C)c(C#CC3CC3)cc2C1. The number of rotatable bonds is 1. The van der Waals surface area contributed by atoms with Crippen LogP contribution in [-0.2, 0) is 17.6 Å². The van der Waals surface area contributed by atoms with E-state index in [0.717, 1.165) is 18.4 Å². The number of Topliss-reactive ketones (excluding diaryl/α,β-unsaturated/α-hetero) is 1. The van der Waals surface area contributed by atoms with E-state index in [4.69, 9.17) is 0 Å². The molecule has 1 aromatic carbocycles. The summed E-state index contributed by atoms with van der Waals surface area (Å²) in [7, 11) is 0. The molecule has 1 atom stereocenters. The van der Waals surface area contributed by atoms with Crippen LogP contribution >= 0.6 is 0 Å². The fourth-order valence-corrected chi connectivity index (χ4v) is 2.63. The molecule has 0 heterocycles. The lowest BCUT2D eigenvalue weighted by Crippen LogP contribution is -2.09. The summed E-state index contributed by atoms with van der Waals surface area (Å²) in [5.74, 6) is 7.79. The summed E-state index contributed by atoms with van der Waals surface area (Å²) in [6.07, 6.45) is 4.36. The summed E-state index contributed by atoms with van der Waals surface area (Å²) in [6, 6.07) is 4.44. The van der Waals surface area contributed by atoms with Gasteiger partial charge in [0, 0.05) is 17.4 Å². The largest absolute Gasteiger partial charge is 0.300 e. The standard InChI is InChI=1S/C17H18O/c1-11-7-16-9-15(12(2)18)10-17(16)8-14(11)6-5-13-3-4-13/h7-8,13,15H,3-4,9-10H2,1-2H3. The van der Waals surface area contributed by atoms with Gasteiger partial charge in [-0.05, 0) is 62.3 Å². The Morgan fingerprint density at radius 2 is 1.89 bits per heavy atom. The zero-order chi connectivity index (χ0) is 12.7. The lowest BCUT2D eigenvalue weighted by Gasteiger charge is -2.03. The molecule has 0 saturated heterocycles. The van der Waals surface area contributed by atoms with Crippen molar-refractivity contribution in [1.29, 1.82) is 0 Å². The highest BCUT2D eigenvalue weighted by Gasteiger charge is 2.25. The third-order valence-electron chi connectivity index (χ3n) is 4.04. The van der Waals surface area contributed by atoms with Crippen LogP contribution in [0.3, 0.4) is 0 Å². The van der Waals surface area contributed by atoms with Crippen molar-refractivity contribution in [2.75, 3.05) is 0 Å². The summed E-state index contributed by atoms with van der Waals surface area (Å²) < 4.78 is 0. The maximum Gasteiger partial charge on any atom is 0.133 e. The Labute approximate surface area is 109 Å². The molecule has 0 aliphatic heterocycles. The van der Waals surface area contributed by atoms with Crippen LogP contribution in [0.4, 0.5) is 0 Å². The highest BCUT2D eigenvalue weighted by Crippen LogP contribution is 2.30. The molecule has 2 aliphatic carbocycles. The molecule has 1 saturated carbocycles. The monoisotopic (exact) mass is 238 g/mol. The molecule has 2 aliphatic rings. The van der Waals surface area contributed by atoms with Crippen molar-refractivity contribution in [3.8, 4) is 11.8 Å². The first-order chi connectivity index (χ1) is 8.63. The minimum absolute atomic E-state index is 0.200. The van der Waals surface area contributed by atoms with Gasteiger partial charge < -0.3 is 0 Å². The van der Waals surface area contributed by atoms with Crippen LogP contribution in [0.1, 0.15) is 42.0 Å². The summed E-state index contributed by atoms with van der Waals surface area (Å²) in [6.45, 7) is 3.83. The highest BCUT2D eigenvalue weighted by molar-refractivity contribution is 5.80. The quantitative estimate of drug-likeness (QED) is 0.687. The van der Waals surface area contributed by atoms with Crippen LogP contribution in [-0.4, -0.2) is 5.78 Å². The second-order valence-corrected chi connectivity index (χ2v) is 5.70. The van der Waals surface area contributed by atoms with E-state index in [0.29, 0.717) is 11.7 Å². The van der Waals surface area contributed by atoms with Gasteiger partial charge in [-0.3, -0.25) is 4.79 Å². The highest BCUT2D eigenvalue weighted by atomic mass is 16.1. The van der Waals surface area contributed by atoms with Gasteiger partial charge in [0.25, 0.3) is 0 Å². The number of aryl methyl sites for hydroxylation is 1. The molecular weight excluding hydrogens is 220 g/mol. The lowest BCUT2D eigenvalue weighted by molar-refractivity contribution is -0.120. The zero-order valence-corrected chi connectivity index (χ0v) is 11.0. The molecule has 1 heteroatoms. The summed E-state index contributed by atoms with van der Waals surface area (Å²) >= 11 is 0. The minimum atomic E-state index is 0.200. The number of benzene rings is 1. The van der Waals surface area contributed by atoms with Crippen molar-refractivity contribution in [2.45, 2.75) is 39.5 Å². The van der Waals surface area contributed by atoms with E-state index >= 15 is 0 Å². The number of fused-ring (bicyclic) bond motifs is 1. The van der Waals surface area contributed by atoms with E-state index in [1.165, 1.54) is 29.5 Å². The van der Waals surface area contributed by atoms with Gasteiger partial charge in [0.15, 0.2) is 0 Å². The third-order valence-corrected chi connectivity index (χ3v) is 4.04. The smallest absolute Gasteiger partial charge is 0.133 e. The van der Waals surface area contributed by atoms with Crippen LogP contribution in [0, 0.1) is 30.6 Å². The molecule has 1 unspecified atom stereocenters. The average molecular weight is 238 g/mol. The van der Waals surface area contributed by atoms with Crippen LogP contribution in [0.15, 0.2) is 12.1 Å². The van der Waals surface area contributed by atoms with Gasteiger partial charge in [0.05, 0.1) is 0 Å². The van der Waals surface area contributed by atoms with Gasteiger partial charge in [-0.25, -0.2) is 0 Å². The van der Waals surface area contributed by atoms with Crippen molar-refractivity contribution in [3.05, 3.63) is 34.4 Å². The molecule has 1 aromatic rings. The summed E-state index contributed by atoms with van der Waals surface area (Å²) in [4.78, 5) is 11.5. The van der Waals surface area contributed by atoms with Crippen molar-refractivity contribution >= 4 is 5.78 Å². The minimum Gasteiger partial charge on any atom is -0.300 e. The van der Waals surface area contributed by atoms with Crippen molar-refractivity contribution in [2.24, 2.45) is 11.8 Å². The Bertz CT molecular complexity index is 567. The van der Waals surface area contributed by atoms with Crippen molar-refractivity contribution < 1.29 is 4.79 Å². The van der Waals surface area contributed by atoms with Gasteiger partial charge in [-0.15, -0.1) is 0 Å². The van der Waals surface area contributed by atoms with Crippen LogP contribution < -0.4 is 0 Å². The predicted octanol–water partition coefficient (Wildman–Crippen LogP) is 3.06. The Kier molecular flexibility index (Phi) is 2.74. The topological polar surface area (TPSA) is 17.1 Å². The van der Waals surface area contributed by atoms with E-state index in [1.807, 2.05) is 0 Å². The second-order valence-electron chi connectivity index (χ2n) is 5.70. The Morgan fingerprint density at radius 3 is 2.50 bits per heavy atom. The molecule has 0 amide bonds. The lowest BCUT2D eigenvalue weighted by atomic mass is 10.0.